The molecule has 0 aliphatic heterocycles. The van der Waals surface area contributed by atoms with Gasteiger partial charge in [-0.05, 0) is 29.8 Å². The molecule has 32 heavy (non-hydrogen) atoms. The molecule has 3 aromatic heterocycles. The Kier molecular flexibility index (Phi) is 5.12. The Labute approximate surface area is 186 Å². The van der Waals surface area contributed by atoms with Crippen LogP contribution in [0.15, 0.2) is 64.2 Å². The summed E-state index contributed by atoms with van der Waals surface area (Å²) in [4.78, 5) is 21.6. The SMILES string of the molecule is COc1cccc(Cn2nnc3c(=O)n(Cc4nc(-c5cccc(Cl)c5)no4)cnc32)c1. The monoisotopic (exact) mass is 449 g/mol. The summed E-state index contributed by atoms with van der Waals surface area (Å²) in [5.41, 5.74) is 1.86. The molecule has 5 aromatic rings. The van der Waals surface area contributed by atoms with E-state index in [-0.39, 0.29) is 23.5 Å². The van der Waals surface area contributed by atoms with Gasteiger partial charge in [0.2, 0.25) is 11.7 Å². The summed E-state index contributed by atoms with van der Waals surface area (Å²) in [5.74, 6) is 1.37. The van der Waals surface area contributed by atoms with Crippen molar-refractivity contribution < 1.29 is 9.26 Å². The summed E-state index contributed by atoms with van der Waals surface area (Å²) < 4.78 is 13.5. The van der Waals surface area contributed by atoms with Gasteiger partial charge in [0, 0.05) is 10.6 Å². The van der Waals surface area contributed by atoms with Crippen LogP contribution in [0.1, 0.15) is 11.5 Å². The zero-order chi connectivity index (χ0) is 22.1. The molecule has 0 radical (unpaired) electrons. The minimum absolute atomic E-state index is 0.0537. The number of benzene rings is 2. The highest BCUT2D eigenvalue weighted by Gasteiger charge is 2.15. The van der Waals surface area contributed by atoms with Gasteiger partial charge < -0.3 is 9.26 Å². The van der Waals surface area contributed by atoms with E-state index in [0.717, 1.165) is 11.3 Å². The average Bonchev–Trinajstić information content (AvgIpc) is 3.44. The third-order valence-electron chi connectivity index (χ3n) is 4.81. The Hall–Kier alpha value is -4.05. The highest BCUT2D eigenvalue weighted by atomic mass is 35.5. The van der Waals surface area contributed by atoms with Crippen molar-refractivity contribution in [2.75, 3.05) is 7.11 Å². The predicted molar refractivity (Wildman–Crippen MR) is 116 cm³/mol. The Bertz CT molecular complexity index is 1470. The van der Waals surface area contributed by atoms with E-state index >= 15 is 0 Å². The molecule has 2 aromatic carbocycles. The predicted octanol–water partition coefficient (Wildman–Crippen LogP) is 2.80. The van der Waals surface area contributed by atoms with Crippen LogP contribution in [0.4, 0.5) is 0 Å². The second-order valence-electron chi connectivity index (χ2n) is 6.97. The summed E-state index contributed by atoms with van der Waals surface area (Å²) in [7, 11) is 1.61. The van der Waals surface area contributed by atoms with Crippen molar-refractivity contribution in [1.29, 1.82) is 0 Å². The smallest absolute Gasteiger partial charge is 0.283 e. The first-order valence-corrected chi connectivity index (χ1v) is 9.98. The van der Waals surface area contributed by atoms with Crippen molar-refractivity contribution in [3.63, 3.8) is 0 Å². The summed E-state index contributed by atoms with van der Waals surface area (Å²) >= 11 is 6.01. The van der Waals surface area contributed by atoms with Crippen LogP contribution in [0.5, 0.6) is 5.75 Å². The molecule has 0 bridgehead atoms. The summed E-state index contributed by atoms with van der Waals surface area (Å²) in [6, 6.07) is 14.7. The highest BCUT2D eigenvalue weighted by molar-refractivity contribution is 6.30. The highest BCUT2D eigenvalue weighted by Crippen LogP contribution is 2.20. The molecule has 11 heteroatoms. The normalized spacial score (nSPS) is 11.2. The molecule has 0 fully saturated rings. The van der Waals surface area contributed by atoms with Gasteiger partial charge in [0.25, 0.3) is 5.56 Å². The third kappa shape index (κ3) is 3.83. The minimum Gasteiger partial charge on any atom is -0.497 e. The quantitative estimate of drug-likeness (QED) is 0.388. The van der Waals surface area contributed by atoms with Crippen molar-refractivity contribution in [2.24, 2.45) is 0 Å². The standard InChI is InChI=1S/C21H16ClN7O3/c1-31-16-7-2-4-13(8-16)10-29-20-18(25-27-29)21(30)28(12-23-20)11-17-24-19(26-32-17)14-5-3-6-15(22)9-14/h2-9,12H,10-11H2,1H3. The Morgan fingerprint density at radius 3 is 2.84 bits per heavy atom. The maximum atomic E-state index is 12.9. The van der Waals surface area contributed by atoms with Crippen LogP contribution < -0.4 is 10.3 Å². The van der Waals surface area contributed by atoms with Crippen LogP contribution in [0.25, 0.3) is 22.6 Å². The fourth-order valence-electron chi connectivity index (χ4n) is 3.26. The van der Waals surface area contributed by atoms with Gasteiger partial charge >= 0.3 is 0 Å². The lowest BCUT2D eigenvalue weighted by atomic mass is 10.2. The zero-order valence-corrected chi connectivity index (χ0v) is 17.6. The van der Waals surface area contributed by atoms with E-state index in [4.69, 9.17) is 20.9 Å². The van der Waals surface area contributed by atoms with Gasteiger partial charge in [-0.1, -0.05) is 46.2 Å². The van der Waals surface area contributed by atoms with Crippen LogP contribution in [-0.4, -0.2) is 41.8 Å². The summed E-state index contributed by atoms with van der Waals surface area (Å²) in [6.45, 7) is 0.453. The maximum absolute atomic E-state index is 12.9. The molecule has 0 spiro atoms. The van der Waals surface area contributed by atoms with Crippen molar-refractivity contribution in [3.05, 3.63) is 81.7 Å². The second-order valence-corrected chi connectivity index (χ2v) is 7.41. The van der Waals surface area contributed by atoms with Crippen LogP contribution in [0, 0.1) is 0 Å². The van der Waals surface area contributed by atoms with Crippen LogP contribution in [-0.2, 0) is 13.1 Å². The van der Waals surface area contributed by atoms with Crippen molar-refractivity contribution in [1.82, 2.24) is 34.7 Å². The molecular weight excluding hydrogens is 434 g/mol. The lowest BCUT2D eigenvalue weighted by Gasteiger charge is -2.05. The molecule has 0 saturated heterocycles. The molecular formula is C21H16ClN7O3. The van der Waals surface area contributed by atoms with Crippen molar-refractivity contribution in [3.8, 4) is 17.1 Å². The molecule has 0 aliphatic rings. The van der Waals surface area contributed by atoms with Gasteiger partial charge in [0.1, 0.15) is 18.6 Å². The molecule has 0 N–H and O–H groups in total. The molecule has 3 heterocycles. The van der Waals surface area contributed by atoms with Gasteiger partial charge in [-0.2, -0.15) is 4.98 Å². The molecule has 10 nitrogen and oxygen atoms in total. The number of aromatic nitrogens is 7. The van der Waals surface area contributed by atoms with Crippen molar-refractivity contribution >= 4 is 22.8 Å². The van der Waals surface area contributed by atoms with Crippen LogP contribution >= 0.6 is 11.6 Å². The number of hydrogen-bond donors (Lipinski definition) is 0. The van der Waals surface area contributed by atoms with E-state index < -0.39 is 0 Å². The fraction of sp³-hybridized carbons (Fsp3) is 0.143. The van der Waals surface area contributed by atoms with E-state index in [9.17, 15) is 4.79 Å². The Morgan fingerprint density at radius 1 is 1.12 bits per heavy atom. The van der Waals surface area contributed by atoms with Crippen LogP contribution in [0.3, 0.4) is 0 Å². The fourth-order valence-corrected chi connectivity index (χ4v) is 3.45. The largest absolute Gasteiger partial charge is 0.497 e. The number of hydrogen-bond acceptors (Lipinski definition) is 8. The van der Waals surface area contributed by atoms with Crippen LogP contribution in [0.2, 0.25) is 5.02 Å². The van der Waals surface area contributed by atoms with Gasteiger partial charge in [-0.3, -0.25) is 9.36 Å². The second kappa shape index (κ2) is 8.23. The lowest BCUT2D eigenvalue weighted by Crippen LogP contribution is -2.21. The van der Waals surface area contributed by atoms with Gasteiger partial charge in [-0.15, -0.1) is 5.10 Å². The van der Waals surface area contributed by atoms with Gasteiger partial charge in [0.05, 0.1) is 13.7 Å². The van der Waals surface area contributed by atoms with E-state index in [2.05, 4.69) is 25.4 Å². The lowest BCUT2D eigenvalue weighted by molar-refractivity contribution is 0.369. The first kappa shape index (κ1) is 19.9. The first-order chi connectivity index (χ1) is 15.6. The molecule has 0 saturated carbocycles. The van der Waals surface area contributed by atoms with E-state index in [0.29, 0.717) is 28.6 Å². The topological polar surface area (TPSA) is 114 Å². The van der Waals surface area contributed by atoms with Gasteiger partial charge in [-0.25, -0.2) is 9.67 Å². The third-order valence-corrected chi connectivity index (χ3v) is 5.05. The Balaban J connectivity index is 1.40. The maximum Gasteiger partial charge on any atom is 0.283 e. The summed E-state index contributed by atoms with van der Waals surface area (Å²) in [6.07, 6.45) is 1.42. The number of rotatable bonds is 6. The number of ether oxygens (including phenoxy) is 1. The molecule has 0 aliphatic carbocycles. The molecule has 160 valence electrons. The van der Waals surface area contributed by atoms with Crippen molar-refractivity contribution in [2.45, 2.75) is 13.1 Å². The number of fused-ring (bicyclic) bond motifs is 1. The average molecular weight is 450 g/mol. The number of methoxy groups -OCH3 is 1. The minimum atomic E-state index is -0.352. The number of halogens is 1. The molecule has 0 unspecified atom stereocenters. The van der Waals surface area contributed by atoms with E-state index in [1.807, 2.05) is 30.3 Å². The Morgan fingerprint density at radius 2 is 2.00 bits per heavy atom. The zero-order valence-electron chi connectivity index (χ0n) is 16.8. The van der Waals surface area contributed by atoms with Gasteiger partial charge in [0.15, 0.2) is 11.2 Å². The number of nitrogens with zero attached hydrogens (tertiary/aromatic N) is 7. The summed E-state index contributed by atoms with van der Waals surface area (Å²) in [5, 5.41) is 12.6. The molecule has 0 amide bonds. The first-order valence-electron chi connectivity index (χ1n) is 9.61. The molecule has 0 atom stereocenters. The molecule has 5 rings (SSSR count). The van der Waals surface area contributed by atoms with E-state index in [1.165, 1.54) is 10.9 Å². The van der Waals surface area contributed by atoms with E-state index in [1.54, 1.807) is 30.0 Å².